The van der Waals surface area contributed by atoms with Gasteiger partial charge in [-0.25, -0.2) is 0 Å². The molecule has 0 spiro atoms. The molecule has 0 fully saturated rings. The first-order chi connectivity index (χ1) is 8.19. The summed E-state index contributed by atoms with van der Waals surface area (Å²) < 4.78 is 0. The fourth-order valence-corrected chi connectivity index (χ4v) is 2.17. The summed E-state index contributed by atoms with van der Waals surface area (Å²) in [5.41, 5.74) is 1.25. The van der Waals surface area contributed by atoms with Gasteiger partial charge in [-0.3, -0.25) is 4.90 Å². The van der Waals surface area contributed by atoms with Gasteiger partial charge in [0.2, 0.25) is 0 Å². The SMILES string of the molecule is CCN(CC(C)C)C(CC#N)c1ccccc1. The zero-order valence-electron chi connectivity index (χ0n) is 11.1. The Labute approximate surface area is 105 Å². The number of benzene rings is 1. The Hall–Kier alpha value is -1.33. The maximum absolute atomic E-state index is 9.00. The van der Waals surface area contributed by atoms with Gasteiger partial charge in [-0.15, -0.1) is 0 Å². The van der Waals surface area contributed by atoms with Crippen molar-refractivity contribution in [3.05, 3.63) is 35.9 Å². The highest BCUT2D eigenvalue weighted by molar-refractivity contribution is 5.20. The van der Waals surface area contributed by atoms with Gasteiger partial charge in [0, 0.05) is 12.6 Å². The molecule has 0 aliphatic carbocycles. The van der Waals surface area contributed by atoms with Crippen molar-refractivity contribution in [3.8, 4) is 6.07 Å². The van der Waals surface area contributed by atoms with Gasteiger partial charge < -0.3 is 0 Å². The first-order valence-corrected chi connectivity index (χ1v) is 6.35. The van der Waals surface area contributed by atoms with E-state index in [1.165, 1.54) is 5.56 Å². The lowest BCUT2D eigenvalue weighted by Gasteiger charge is -2.31. The molecule has 0 amide bonds. The van der Waals surface area contributed by atoms with Crippen LogP contribution in [0, 0.1) is 17.2 Å². The number of nitrogens with zero attached hydrogens (tertiary/aromatic N) is 2. The zero-order chi connectivity index (χ0) is 12.7. The van der Waals surface area contributed by atoms with Crippen molar-refractivity contribution in [2.75, 3.05) is 13.1 Å². The molecular weight excluding hydrogens is 208 g/mol. The van der Waals surface area contributed by atoms with Gasteiger partial charge in [0.1, 0.15) is 0 Å². The van der Waals surface area contributed by atoms with Gasteiger partial charge in [-0.05, 0) is 18.0 Å². The molecule has 2 heteroatoms. The van der Waals surface area contributed by atoms with Crippen LogP contribution in [-0.2, 0) is 0 Å². The van der Waals surface area contributed by atoms with Crippen LogP contribution < -0.4 is 0 Å². The smallest absolute Gasteiger partial charge is 0.0641 e. The molecule has 0 aromatic heterocycles. The first-order valence-electron chi connectivity index (χ1n) is 6.35. The van der Waals surface area contributed by atoms with E-state index in [-0.39, 0.29) is 6.04 Å². The van der Waals surface area contributed by atoms with Crippen molar-refractivity contribution < 1.29 is 0 Å². The molecule has 0 saturated carbocycles. The Kier molecular flexibility index (Phi) is 5.72. The second-order valence-electron chi connectivity index (χ2n) is 4.77. The van der Waals surface area contributed by atoms with Crippen LogP contribution in [0.1, 0.15) is 38.8 Å². The van der Waals surface area contributed by atoms with E-state index in [2.05, 4.69) is 43.9 Å². The van der Waals surface area contributed by atoms with Crippen LogP contribution in [0.15, 0.2) is 30.3 Å². The minimum Gasteiger partial charge on any atom is -0.295 e. The fraction of sp³-hybridized carbons (Fsp3) is 0.533. The highest BCUT2D eigenvalue weighted by atomic mass is 15.1. The molecular formula is C15H22N2. The summed E-state index contributed by atoms with van der Waals surface area (Å²) in [7, 11) is 0. The van der Waals surface area contributed by atoms with E-state index < -0.39 is 0 Å². The summed E-state index contributed by atoms with van der Waals surface area (Å²) in [6, 6.07) is 12.9. The summed E-state index contributed by atoms with van der Waals surface area (Å²) in [5.74, 6) is 0.625. The number of nitriles is 1. The summed E-state index contributed by atoms with van der Waals surface area (Å²) in [6.45, 7) is 8.63. The van der Waals surface area contributed by atoms with Gasteiger partial charge >= 0.3 is 0 Å². The predicted octanol–water partition coefficient (Wildman–Crippen LogP) is 3.62. The monoisotopic (exact) mass is 230 g/mol. The Morgan fingerprint density at radius 2 is 1.88 bits per heavy atom. The highest BCUT2D eigenvalue weighted by Crippen LogP contribution is 2.24. The lowest BCUT2D eigenvalue weighted by molar-refractivity contribution is 0.187. The summed E-state index contributed by atoms with van der Waals surface area (Å²) in [6.07, 6.45) is 0.560. The van der Waals surface area contributed by atoms with Crippen molar-refractivity contribution in [1.82, 2.24) is 4.90 Å². The van der Waals surface area contributed by atoms with E-state index in [1.54, 1.807) is 0 Å². The third kappa shape index (κ3) is 4.20. The molecule has 1 aromatic carbocycles. The van der Waals surface area contributed by atoms with E-state index in [0.29, 0.717) is 12.3 Å². The molecule has 0 bridgehead atoms. The molecule has 0 radical (unpaired) electrons. The molecule has 0 N–H and O–H groups in total. The van der Waals surface area contributed by atoms with Crippen LogP contribution >= 0.6 is 0 Å². The maximum Gasteiger partial charge on any atom is 0.0641 e. The lowest BCUT2D eigenvalue weighted by atomic mass is 10.0. The quantitative estimate of drug-likeness (QED) is 0.746. The molecule has 0 aliphatic heterocycles. The van der Waals surface area contributed by atoms with Crippen LogP contribution in [0.2, 0.25) is 0 Å². The van der Waals surface area contributed by atoms with Crippen molar-refractivity contribution in [3.63, 3.8) is 0 Å². The molecule has 2 nitrogen and oxygen atoms in total. The van der Waals surface area contributed by atoms with Crippen molar-refractivity contribution >= 4 is 0 Å². The van der Waals surface area contributed by atoms with Crippen LogP contribution in [0.4, 0.5) is 0 Å². The van der Waals surface area contributed by atoms with Crippen molar-refractivity contribution in [2.24, 2.45) is 5.92 Å². The Bertz CT molecular complexity index is 351. The van der Waals surface area contributed by atoms with E-state index in [4.69, 9.17) is 5.26 Å². The fourth-order valence-electron chi connectivity index (χ4n) is 2.17. The van der Waals surface area contributed by atoms with Crippen LogP contribution in [-0.4, -0.2) is 18.0 Å². The molecule has 1 unspecified atom stereocenters. The third-order valence-corrected chi connectivity index (χ3v) is 2.92. The average molecular weight is 230 g/mol. The summed E-state index contributed by atoms with van der Waals surface area (Å²) in [5, 5.41) is 9.00. The lowest BCUT2D eigenvalue weighted by Crippen LogP contribution is -2.31. The second kappa shape index (κ2) is 7.09. The normalized spacial score (nSPS) is 12.7. The molecule has 1 atom stereocenters. The number of rotatable bonds is 6. The zero-order valence-corrected chi connectivity index (χ0v) is 11.1. The van der Waals surface area contributed by atoms with Gasteiger partial charge in [-0.1, -0.05) is 51.1 Å². The van der Waals surface area contributed by atoms with Crippen LogP contribution in [0.5, 0.6) is 0 Å². The second-order valence-corrected chi connectivity index (χ2v) is 4.77. The Balaban J connectivity index is 2.87. The average Bonchev–Trinajstić information content (AvgIpc) is 2.34. The van der Waals surface area contributed by atoms with Gasteiger partial charge in [-0.2, -0.15) is 5.26 Å². The van der Waals surface area contributed by atoms with Gasteiger partial charge in [0.05, 0.1) is 12.5 Å². The highest BCUT2D eigenvalue weighted by Gasteiger charge is 2.19. The largest absolute Gasteiger partial charge is 0.295 e. The molecule has 1 rings (SSSR count). The summed E-state index contributed by atoms with van der Waals surface area (Å²) >= 11 is 0. The summed E-state index contributed by atoms with van der Waals surface area (Å²) in [4.78, 5) is 2.39. The predicted molar refractivity (Wildman–Crippen MR) is 71.5 cm³/mol. The molecule has 0 aliphatic rings. The molecule has 0 heterocycles. The molecule has 0 saturated heterocycles. The minimum atomic E-state index is 0.230. The number of hydrogen-bond acceptors (Lipinski definition) is 2. The van der Waals surface area contributed by atoms with Gasteiger partial charge in [0.15, 0.2) is 0 Å². The third-order valence-electron chi connectivity index (χ3n) is 2.92. The molecule has 1 aromatic rings. The van der Waals surface area contributed by atoms with E-state index in [9.17, 15) is 0 Å². The van der Waals surface area contributed by atoms with Crippen LogP contribution in [0.3, 0.4) is 0 Å². The van der Waals surface area contributed by atoms with E-state index >= 15 is 0 Å². The van der Waals surface area contributed by atoms with Gasteiger partial charge in [0.25, 0.3) is 0 Å². The number of hydrogen-bond donors (Lipinski definition) is 0. The first kappa shape index (κ1) is 13.7. The molecule has 17 heavy (non-hydrogen) atoms. The molecule has 92 valence electrons. The minimum absolute atomic E-state index is 0.230. The Morgan fingerprint density at radius 1 is 1.24 bits per heavy atom. The van der Waals surface area contributed by atoms with Crippen molar-refractivity contribution in [2.45, 2.75) is 33.2 Å². The van der Waals surface area contributed by atoms with E-state index in [1.807, 2.05) is 18.2 Å². The van der Waals surface area contributed by atoms with Crippen molar-refractivity contribution in [1.29, 1.82) is 5.26 Å². The maximum atomic E-state index is 9.00. The standard InChI is InChI=1S/C15H22N2/c1-4-17(12-13(2)3)15(10-11-16)14-8-6-5-7-9-14/h5-9,13,15H,4,10,12H2,1-3H3. The topological polar surface area (TPSA) is 27.0 Å². The Morgan fingerprint density at radius 3 is 2.35 bits per heavy atom. The van der Waals surface area contributed by atoms with Crippen LogP contribution in [0.25, 0.3) is 0 Å². The van der Waals surface area contributed by atoms with E-state index in [0.717, 1.165) is 13.1 Å².